The normalized spacial score (nSPS) is 14.5. The number of aryl methyl sites for hydroxylation is 4. The fourth-order valence-electron chi connectivity index (χ4n) is 4.83. The van der Waals surface area contributed by atoms with Crippen LogP contribution in [-0.2, 0) is 4.79 Å². The van der Waals surface area contributed by atoms with Crippen LogP contribution in [0, 0.1) is 33.6 Å². The summed E-state index contributed by atoms with van der Waals surface area (Å²) in [5.74, 6) is 1.16. The molecule has 1 N–H and O–H groups in total. The van der Waals surface area contributed by atoms with E-state index in [-0.39, 0.29) is 11.8 Å². The van der Waals surface area contributed by atoms with Gasteiger partial charge in [0.05, 0.1) is 5.69 Å². The van der Waals surface area contributed by atoms with Gasteiger partial charge in [-0.15, -0.1) is 0 Å². The third-order valence-electron chi connectivity index (χ3n) is 6.56. The van der Waals surface area contributed by atoms with Crippen LogP contribution in [-0.4, -0.2) is 33.6 Å². The van der Waals surface area contributed by atoms with Gasteiger partial charge in [-0.25, -0.2) is 4.98 Å². The molecule has 5 rings (SSSR count). The van der Waals surface area contributed by atoms with Gasteiger partial charge in [0.2, 0.25) is 5.91 Å². The first-order valence-electron chi connectivity index (χ1n) is 11.9. The highest BCUT2D eigenvalue weighted by Crippen LogP contribution is 2.28. The van der Waals surface area contributed by atoms with Gasteiger partial charge in [0.15, 0.2) is 5.65 Å². The predicted molar refractivity (Wildman–Crippen MR) is 137 cm³/mol. The molecule has 34 heavy (non-hydrogen) atoms. The van der Waals surface area contributed by atoms with E-state index in [4.69, 9.17) is 10.1 Å². The molecule has 0 spiro atoms. The summed E-state index contributed by atoms with van der Waals surface area (Å²) in [4.78, 5) is 20.0. The van der Waals surface area contributed by atoms with Crippen LogP contribution in [0.15, 0.2) is 54.6 Å². The topological polar surface area (TPSA) is 62.5 Å². The van der Waals surface area contributed by atoms with Crippen molar-refractivity contribution in [2.45, 2.75) is 40.5 Å². The third kappa shape index (κ3) is 4.53. The maximum Gasteiger partial charge on any atom is 0.227 e. The number of nitrogens with zero attached hydrogens (tertiary/aromatic N) is 4. The molecule has 4 aromatic rings. The van der Waals surface area contributed by atoms with Crippen LogP contribution in [0.5, 0.6) is 0 Å². The second-order valence-corrected chi connectivity index (χ2v) is 9.55. The van der Waals surface area contributed by atoms with Gasteiger partial charge in [0.1, 0.15) is 5.82 Å². The lowest BCUT2D eigenvalue weighted by molar-refractivity contribution is -0.120. The van der Waals surface area contributed by atoms with Crippen molar-refractivity contribution in [3.63, 3.8) is 0 Å². The highest BCUT2D eigenvalue weighted by atomic mass is 16.1. The molecule has 1 aliphatic rings. The van der Waals surface area contributed by atoms with E-state index >= 15 is 0 Å². The fraction of sp³-hybridized carbons (Fsp3) is 0.321. The lowest BCUT2D eigenvalue weighted by atomic mass is 9.95. The average Bonchev–Trinajstić information content (AvgIpc) is 3.22. The lowest BCUT2D eigenvalue weighted by Crippen LogP contribution is -2.39. The molecule has 1 aliphatic heterocycles. The Kier molecular flexibility index (Phi) is 5.82. The molecule has 6 nitrogen and oxygen atoms in total. The Morgan fingerprint density at radius 1 is 0.882 bits per heavy atom. The zero-order valence-corrected chi connectivity index (χ0v) is 20.3. The first kappa shape index (κ1) is 22.1. The van der Waals surface area contributed by atoms with Crippen molar-refractivity contribution in [1.29, 1.82) is 0 Å². The van der Waals surface area contributed by atoms with Crippen LogP contribution in [0.2, 0.25) is 0 Å². The number of carbonyl (C=O) groups is 1. The molecule has 0 atom stereocenters. The zero-order valence-electron chi connectivity index (χ0n) is 20.3. The first-order chi connectivity index (χ1) is 16.4. The summed E-state index contributed by atoms with van der Waals surface area (Å²) in [6, 6.07) is 18.7. The van der Waals surface area contributed by atoms with Crippen molar-refractivity contribution < 1.29 is 4.79 Å². The summed E-state index contributed by atoms with van der Waals surface area (Å²) in [5.41, 5.74) is 8.25. The number of hydrogen-bond acceptors (Lipinski definition) is 4. The number of carbonyl (C=O) groups excluding carboxylic acids is 1. The van der Waals surface area contributed by atoms with Crippen molar-refractivity contribution in [1.82, 2.24) is 14.6 Å². The number of amides is 1. The Bertz CT molecular complexity index is 1330. The summed E-state index contributed by atoms with van der Waals surface area (Å²) in [6.45, 7) is 9.83. The van der Waals surface area contributed by atoms with E-state index in [1.807, 2.05) is 29.6 Å². The number of hydrogen-bond donors (Lipinski definition) is 1. The molecule has 0 bridgehead atoms. The number of piperidine rings is 1. The summed E-state index contributed by atoms with van der Waals surface area (Å²) < 4.78 is 1.94. The van der Waals surface area contributed by atoms with Gasteiger partial charge in [0, 0.05) is 48.1 Å². The second-order valence-electron chi connectivity index (χ2n) is 9.55. The molecule has 1 amide bonds. The summed E-state index contributed by atoms with van der Waals surface area (Å²) in [6.07, 6.45) is 1.62. The highest BCUT2D eigenvalue weighted by Gasteiger charge is 2.27. The van der Waals surface area contributed by atoms with E-state index in [9.17, 15) is 4.79 Å². The molecular weight excluding hydrogens is 422 g/mol. The largest absolute Gasteiger partial charge is 0.356 e. The summed E-state index contributed by atoms with van der Waals surface area (Å²) in [7, 11) is 0. The van der Waals surface area contributed by atoms with E-state index in [0.717, 1.165) is 71.2 Å². The van der Waals surface area contributed by atoms with Gasteiger partial charge < -0.3 is 10.2 Å². The summed E-state index contributed by atoms with van der Waals surface area (Å²) >= 11 is 0. The Labute approximate surface area is 200 Å². The van der Waals surface area contributed by atoms with Crippen LogP contribution in [0.1, 0.15) is 35.2 Å². The smallest absolute Gasteiger partial charge is 0.227 e. The lowest BCUT2D eigenvalue weighted by Gasteiger charge is -2.33. The molecule has 1 saturated heterocycles. The minimum atomic E-state index is 0.0104. The molecule has 0 radical (unpaired) electrons. The minimum Gasteiger partial charge on any atom is -0.356 e. The molecule has 174 valence electrons. The van der Waals surface area contributed by atoms with Crippen LogP contribution >= 0.6 is 0 Å². The average molecular weight is 454 g/mol. The molecule has 2 aromatic carbocycles. The van der Waals surface area contributed by atoms with Gasteiger partial charge in [-0.1, -0.05) is 35.9 Å². The first-order valence-corrected chi connectivity index (χ1v) is 11.9. The maximum absolute atomic E-state index is 12.9. The van der Waals surface area contributed by atoms with Crippen LogP contribution in [0.25, 0.3) is 16.9 Å². The van der Waals surface area contributed by atoms with Gasteiger partial charge in [-0.3, -0.25) is 4.79 Å². The molecule has 0 saturated carbocycles. The molecular formula is C28H31N5O. The van der Waals surface area contributed by atoms with E-state index in [2.05, 4.69) is 67.4 Å². The Balaban J connectivity index is 1.33. The van der Waals surface area contributed by atoms with Crippen molar-refractivity contribution in [3.8, 4) is 11.3 Å². The molecule has 2 aromatic heterocycles. The van der Waals surface area contributed by atoms with Gasteiger partial charge >= 0.3 is 0 Å². The third-order valence-corrected chi connectivity index (χ3v) is 6.56. The Morgan fingerprint density at radius 2 is 1.56 bits per heavy atom. The molecule has 3 heterocycles. The molecule has 6 heteroatoms. The van der Waals surface area contributed by atoms with Crippen molar-refractivity contribution in [2.75, 3.05) is 23.3 Å². The quantitative estimate of drug-likeness (QED) is 0.444. The molecule has 1 fully saturated rings. The van der Waals surface area contributed by atoms with Crippen LogP contribution < -0.4 is 10.2 Å². The number of fused-ring (bicyclic) bond motifs is 1. The zero-order chi connectivity index (χ0) is 23.8. The maximum atomic E-state index is 12.9. The van der Waals surface area contributed by atoms with E-state index in [1.54, 1.807) is 0 Å². The van der Waals surface area contributed by atoms with E-state index in [1.165, 1.54) is 5.56 Å². The monoisotopic (exact) mass is 453 g/mol. The van der Waals surface area contributed by atoms with Gasteiger partial charge in [-0.2, -0.15) is 9.61 Å². The van der Waals surface area contributed by atoms with Crippen LogP contribution in [0.4, 0.5) is 11.5 Å². The molecule has 0 unspecified atom stereocenters. The number of benzene rings is 2. The van der Waals surface area contributed by atoms with Crippen LogP contribution in [0.3, 0.4) is 0 Å². The van der Waals surface area contributed by atoms with E-state index in [0.29, 0.717) is 0 Å². The van der Waals surface area contributed by atoms with Crippen molar-refractivity contribution >= 4 is 23.1 Å². The number of rotatable bonds is 4. The Hall–Kier alpha value is -3.67. The number of anilines is 2. The SMILES string of the molecule is Cc1ccc(-c2cc3nc(C)cc(N4CCC(C(=O)Nc5cc(C)cc(C)c5)CC4)n3n2)cc1. The highest BCUT2D eigenvalue weighted by molar-refractivity contribution is 5.92. The Morgan fingerprint density at radius 3 is 2.24 bits per heavy atom. The minimum absolute atomic E-state index is 0.0104. The second kappa shape index (κ2) is 8.93. The predicted octanol–water partition coefficient (Wildman–Crippen LogP) is 5.49. The summed E-state index contributed by atoms with van der Waals surface area (Å²) in [5, 5.41) is 8.02. The van der Waals surface area contributed by atoms with Gasteiger partial charge in [0.25, 0.3) is 0 Å². The number of nitrogens with one attached hydrogen (secondary N) is 1. The van der Waals surface area contributed by atoms with Gasteiger partial charge in [-0.05, 0) is 63.8 Å². The van der Waals surface area contributed by atoms with Crippen molar-refractivity contribution in [3.05, 3.63) is 77.0 Å². The van der Waals surface area contributed by atoms with Crippen molar-refractivity contribution in [2.24, 2.45) is 5.92 Å². The fourth-order valence-corrected chi connectivity index (χ4v) is 4.83. The van der Waals surface area contributed by atoms with E-state index < -0.39 is 0 Å². The molecule has 0 aliphatic carbocycles. The standard InChI is InChI=1S/C28H31N5O/c1-18-5-7-22(8-6-18)25-17-26-29-21(4)16-27(33(26)31-25)32-11-9-23(10-12-32)28(34)30-24-14-19(2)13-20(3)15-24/h5-8,13-17,23H,9-12H2,1-4H3,(H,30,34). The number of aromatic nitrogens is 3.